The van der Waals surface area contributed by atoms with Gasteiger partial charge in [0.05, 0.1) is 11.8 Å². The van der Waals surface area contributed by atoms with Crippen LogP contribution >= 0.6 is 0 Å². The highest BCUT2D eigenvalue weighted by Gasteiger charge is 2.74. The number of carbonyl (C=O) groups is 3. The lowest BCUT2D eigenvalue weighted by molar-refractivity contribution is -0.144. The van der Waals surface area contributed by atoms with E-state index < -0.39 is 17.4 Å². The zero-order valence-electron chi connectivity index (χ0n) is 12.8. The van der Waals surface area contributed by atoms with E-state index in [2.05, 4.69) is 10.2 Å². The van der Waals surface area contributed by atoms with Gasteiger partial charge in [-0.1, -0.05) is 18.2 Å². The number of hydrogen-bond acceptors (Lipinski definition) is 4. The molecule has 0 saturated carbocycles. The Morgan fingerprint density at radius 2 is 1.96 bits per heavy atom. The van der Waals surface area contributed by atoms with Crippen molar-refractivity contribution in [1.29, 1.82) is 0 Å². The van der Waals surface area contributed by atoms with Gasteiger partial charge in [0.1, 0.15) is 5.54 Å². The van der Waals surface area contributed by atoms with Gasteiger partial charge in [-0.05, 0) is 25.5 Å². The largest absolute Gasteiger partial charge is 0.324 e. The number of hydrogen-bond donors (Lipinski definition) is 1. The summed E-state index contributed by atoms with van der Waals surface area (Å²) in [5.41, 5.74) is 0.597. The van der Waals surface area contributed by atoms with Gasteiger partial charge in [-0.3, -0.25) is 24.2 Å². The van der Waals surface area contributed by atoms with Gasteiger partial charge < -0.3 is 5.32 Å². The summed E-state index contributed by atoms with van der Waals surface area (Å²) in [5, 5.41) is 2.94. The summed E-state index contributed by atoms with van der Waals surface area (Å²) in [7, 11) is 1.54. The number of likely N-dealkylation sites (tertiary alicyclic amines) is 1. The minimum Gasteiger partial charge on any atom is -0.324 e. The topological polar surface area (TPSA) is 69.7 Å². The molecule has 1 aromatic carbocycles. The fourth-order valence-corrected chi connectivity index (χ4v) is 5.30. The van der Waals surface area contributed by atoms with Gasteiger partial charge in [-0.15, -0.1) is 0 Å². The van der Waals surface area contributed by atoms with E-state index in [4.69, 9.17) is 0 Å². The molecule has 1 spiro atoms. The quantitative estimate of drug-likeness (QED) is 0.710. The number of benzene rings is 1. The van der Waals surface area contributed by atoms with Gasteiger partial charge in [0, 0.05) is 24.3 Å². The lowest BCUT2D eigenvalue weighted by Gasteiger charge is -2.36. The van der Waals surface area contributed by atoms with Crippen molar-refractivity contribution in [3.05, 3.63) is 29.8 Å². The van der Waals surface area contributed by atoms with Crippen LogP contribution in [0.1, 0.15) is 18.4 Å². The van der Waals surface area contributed by atoms with E-state index in [1.807, 2.05) is 24.3 Å². The summed E-state index contributed by atoms with van der Waals surface area (Å²) in [6.07, 6.45) is 1.82. The van der Waals surface area contributed by atoms with Gasteiger partial charge in [0.25, 0.3) is 0 Å². The van der Waals surface area contributed by atoms with Gasteiger partial charge in [0.2, 0.25) is 17.7 Å². The molecule has 5 rings (SSSR count). The van der Waals surface area contributed by atoms with Crippen LogP contribution in [-0.2, 0) is 19.9 Å². The number of imide groups is 1. The zero-order valence-corrected chi connectivity index (χ0v) is 12.8. The predicted octanol–water partition coefficient (Wildman–Crippen LogP) is 0.543. The molecule has 0 unspecified atom stereocenters. The average molecular weight is 311 g/mol. The van der Waals surface area contributed by atoms with Crippen LogP contribution in [-0.4, -0.2) is 47.2 Å². The minimum atomic E-state index is -1.01. The number of para-hydroxylation sites is 1. The highest BCUT2D eigenvalue weighted by molar-refractivity contribution is 6.15. The van der Waals surface area contributed by atoms with E-state index >= 15 is 0 Å². The van der Waals surface area contributed by atoms with Gasteiger partial charge >= 0.3 is 0 Å². The fourth-order valence-electron chi connectivity index (χ4n) is 5.30. The normalized spacial score (nSPS) is 38.2. The molecule has 0 aromatic heterocycles. The van der Waals surface area contributed by atoms with E-state index in [1.54, 1.807) is 0 Å². The Hall–Kier alpha value is -2.21. The molecule has 3 amide bonds. The van der Waals surface area contributed by atoms with E-state index in [0.717, 1.165) is 30.6 Å². The number of nitrogens with one attached hydrogen (secondary N) is 1. The molecule has 0 radical (unpaired) electrons. The Labute approximate surface area is 133 Å². The van der Waals surface area contributed by atoms with Crippen LogP contribution in [0.15, 0.2) is 24.3 Å². The number of amides is 3. The second-order valence-corrected chi connectivity index (χ2v) is 6.91. The Balaban J connectivity index is 1.80. The second-order valence-electron chi connectivity index (χ2n) is 6.91. The highest BCUT2D eigenvalue weighted by Crippen LogP contribution is 2.59. The number of fused-ring (bicyclic) bond motifs is 7. The van der Waals surface area contributed by atoms with Crippen molar-refractivity contribution in [2.24, 2.45) is 11.8 Å². The van der Waals surface area contributed by atoms with Gasteiger partial charge in [-0.25, -0.2) is 0 Å². The maximum atomic E-state index is 13.1. The molecule has 1 aromatic rings. The average Bonchev–Trinajstić information content (AvgIpc) is 3.23. The summed E-state index contributed by atoms with van der Waals surface area (Å²) in [6.45, 7) is 0.754. The molecule has 118 valence electrons. The molecule has 3 fully saturated rings. The van der Waals surface area contributed by atoms with Crippen molar-refractivity contribution in [2.75, 3.05) is 18.9 Å². The predicted molar refractivity (Wildman–Crippen MR) is 81.2 cm³/mol. The lowest BCUT2D eigenvalue weighted by Crippen LogP contribution is -2.53. The van der Waals surface area contributed by atoms with Crippen molar-refractivity contribution < 1.29 is 14.4 Å². The van der Waals surface area contributed by atoms with Crippen LogP contribution < -0.4 is 5.32 Å². The first-order valence-corrected chi connectivity index (χ1v) is 8.07. The van der Waals surface area contributed by atoms with Gasteiger partial charge in [0.15, 0.2) is 0 Å². The Morgan fingerprint density at radius 3 is 2.78 bits per heavy atom. The standard InChI is InChI=1S/C17H17N3O3/c1-19-14(21)12-11-7-4-8-20(11)17(13(12)15(19)22)9-5-2-3-6-10(9)18-16(17)23/h2-3,5-6,11-13H,4,7-8H2,1H3,(H,18,23)/t11-,12+,13+,17+/m0/s1. The third kappa shape index (κ3) is 1.25. The van der Waals surface area contributed by atoms with Crippen molar-refractivity contribution in [3.8, 4) is 0 Å². The molecule has 4 aliphatic rings. The Kier molecular flexibility index (Phi) is 2.30. The molecule has 4 atom stereocenters. The van der Waals surface area contributed by atoms with Crippen LogP contribution in [0, 0.1) is 11.8 Å². The lowest BCUT2D eigenvalue weighted by atomic mass is 9.75. The summed E-state index contributed by atoms with van der Waals surface area (Å²) >= 11 is 0. The minimum absolute atomic E-state index is 0.0155. The van der Waals surface area contributed by atoms with Crippen molar-refractivity contribution in [3.63, 3.8) is 0 Å². The third-order valence-electron chi connectivity index (χ3n) is 6.12. The molecular formula is C17H17N3O3. The second kappa shape index (κ2) is 4.00. The molecule has 6 heteroatoms. The molecule has 4 heterocycles. The SMILES string of the molecule is CN1C(=O)[C@@H]2[C@@H]3CCCN3[C@@]3(C(=O)Nc4ccccc43)[C@H]2C1=O. The Bertz CT molecular complexity index is 776. The van der Waals surface area contributed by atoms with Gasteiger partial charge in [-0.2, -0.15) is 0 Å². The smallest absolute Gasteiger partial charge is 0.250 e. The number of carbonyl (C=O) groups excluding carboxylic acids is 3. The molecule has 0 bridgehead atoms. The van der Waals surface area contributed by atoms with Crippen LogP contribution in [0.25, 0.3) is 0 Å². The molecule has 0 aliphatic carbocycles. The van der Waals surface area contributed by atoms with E-state index in [9.17, 15) is 14.4 Å². The molecule has 23 heavy (non-hydrogen) atoms. The third-order valence-corrected chi connectivity index (χ3v) is 6.12. The van der Waals surface area contributed by atoms with E-state index in [0.29, 0.717) is 0 Å². The van der Waals surface area contributed by atoms with Crippen molar-refractivity contribution in [2.45, 2.75) is 24.4 Å². The van der Waals surface area contributed by atoms with Crippen LogP contribution in [0.3, 0.4) is 0 Å². The fraction of sp³-hybridized carbons (Fsp3) is 0.471. The molecular weight excluding hydrogens is 294 g/mol. The van der Waals surface area contributed by atoms with Crippen molar-refractivity contribution in [1.82, 2.24) is 9.80 Å². The first kappa shape index (κ1) is 13.2. The highest BCUT2D eigenvalue weighted by atomic mass is 16.2. The zero-order chi connectivity index (χ0) is 15.9. The monoisotopic (exact) mass is 311 g/mol. The van der Waals surface area contributed by atoms with Crippen LogP contribution in [0.4, 0.5) is 5.69 Å². The molecule has 4 aliphatic heterocycles. The maximum Gasteiger partial charge on any atom is 0.250 e. The maximum absolute atomic E-state index is 13.1. The van der Waals surface area contributed by atoms with E-state index in [-0.39, 0.29) is 23.8 Å². The van der Waals surface area contributed by atoms with E-state index in [1.165, 1.54) is 11.9 Å². The summed E-state index contributed by atoms with van der Waals surface area (Å²) in [6, 6.07) is 7.54. The van der Waals surface area contributed by atoms with Crippen molar-refractivity contribution >= 4 is 23.4 Å². The number of anilines is 1. The summed E-state index contributed by atoms with van der Waals surface area (Å²) in [4.78, 5) is 41.9. The first-order chi connectivity index (χ1) is 11.1. The first-order valence-electron chi connectivity index (χ1n) is 8.07. The van der Waals surface area contributed by atoms with Crippen LogP contribution in [0.5, 0.6) is 0 Å². The molecule has 6 nitrogen and oxygen atoms in total. The van der Waals surface area contributed by atoms with Crippen LogP contribution in [0.2, 0.25) is 0 Å². The Morgan fingerprint density at radius 1 is 1.17 bits per heavy atom. The molecule has 3 saturated heterocycles. The number of nitrogens with zero attached hydrogens (tertiary/aromatic N) is 2. The summed E-state index contributed by atoms with van der Waals surface area (Å²) in [5.74, 6) is -1.51. The molecule has 1 N–H and O–H groups in total. The number of rotatable bonds is 0. The summed E-state index contributed by atoms with van der Waals surface area (Å²) < 4.78 is 0.